The fourth-order valence-corrected chi connectivity index (χ4v) is 1.05. The molecular formula is C15H21NO2. The standard InChI is InChI=1S/C15H21NO2/c1-6-11(3)8-9-12(4)18-13(5)10-14(7-2)15(16)17/h7-10H,2,5-6H2,1,3-4H3,(H2,16,17)/b11-8-,12-9+,14-10+. The molecule has 0 rings (SSSR count). The molecular weight excluding hydrogens is 226 g/mol. The fourth-order valence-electron chi connectivity index (χ4n) is 1.05. The zero-order chi connectivity index (χ0) is 14.1. The summed E-state index contributed by atoms with van der Waals surface area (Å²) in [4.78, 5) is 11.0. The normalized spacial score (nSPS) is 13.2. The summed E-state index contributed by atoms with van der Waals surface area (Å²) in [7, 11) is 0. The highest BCUT2D eigenvalue weighted by atomic mass is 16.5. The third kappa shape index (κ3) is 6.53. The molecule has 3 nitrogen and oxygen atoms in total. The monoisotopic (exact) mass is 247 g/mol. The SMILES string of the molecule is C=C/C(=C\C(=C)O/C(C)=C/C=C(/C)CC)C(N)=O. The number of hydrogen-bond acceptors (Lipinski definition) is 2. The first-order valence-corrected chi connectivity index (χ1v) is 5.75. The summed E-state index contributed by atoms with van der Waals surface area (Å²) in [6, 6.07) is 0. The molecule has 0 aromatic rings. The molecule has 3 heteroatoms. The Morgan fingerprint density at radius 2 is 1.94 bits per heavy atom. The molecule has 98 valence electrons. The van der Waals surface area contributed by atoms with E-state index in [0.717, 1.165) is 6.42 Å². The second-order valence-corrected chi connectivity index (χ2v) is 3.88. The van der Waals surface area contributed by atoms with Crippen LogP contribution in [0.3, 0.4) is 0 Å². The van der Waals surface area contributed by atoms with Crippen LogP contribution in [0.2, 0.25) is 0 Å². The third-order valence-corrected chi connectivity index (χ3v) is 2.27. The van der Waals surface area contributed by atoms with Crippen molar-refractivity contribution in [1.82, 2.24) is 0 Å². The van der Waals surface area contributed by atoms with Crippen molar-refractivity contribution in [2.75, 3.05) is 0 Å². The van der Waals surface area contributed by atoms with Crippen molar-refractivity contribution in [3.8, 4) is 0 Å². The van der Waals surface area contributed by atoms with Gasteiger partial charge in [0.1, 0.15) is 11.5 Å². The number of primary amides is 1. The van der Waals surface area contributed by atoms with Gasteiger partial charge in [-0.25, -0.2) is 0 Å². The molecule has 0 saturated carbocycles. The van der Waals surface area contributed by atoms with Crippen LogP contribution < -0.4 is 5.73 Å². The van der Waals surface area contributed by atoms with Gasteiger partial charge >= 0.3 is 0 Å². The number of amides is 1. The van der Waals surface area contributed by atoms with E-state index in [-0.39, 0.29) is 5.57 Å². The van der Waals surface area contributed by atoms with Crippen LogP contribution in [0.25, 0.3) is 0 Å². The van der Waals surface area contributed by atoms with Crippen LogP contribution in [0, 0.1) is 0 Å². The van der Waals surface area contributed by atoms with E-state index in [4.69, 9.17) is 10.5 Å². The number of allylic oxidation sites excluding steroid dienone is 5. The van der Waals surface area contributed by atoms with Crippen LogP contribution >= 0.6 is 0 Å². The van der Waals surface area contributed by atoms with Crippen LogP contribution in [0.4, 0.5) is 0 Å². The molecule has 0 aliphatic heterocycles. The van der Waals surface area contributed by atoms with Gasteiger partial charge in [0.05, 0.1) is 0 Å². The molecule has 0 aliphatic carbocycles. The van der Waals surface area contributed by atoms with Gasteiger partial charge in [-0.2, -0.15) is 0 Å². The number of ether oxygens (including phenoxy) is 1. The zero-order valence-corrected chi connectivity index (χ0v) is 11.3. The maximum Gasteiger partial charge on any atom is 0.248 e. The number of carbonyl (C=O) groups excluding carboxylic acids is 1. The molecule has 0 radical (unpaired) electrons. The lowest BCUT2D eigenvalue weighted by Gasteiger charge is -2.05. The molecule has 0 saturated heterocycles. The van der Waals surface area contributed by atoms with Gasteiger partial charge in [-0.05, 0) is 32.4 Å². The second kappa shape index (κ2) is 8.12. The van der Waals surface area contributed by atoms with Crippen molar-refractivity contribution in [2.24, 2.45) is 5.73 Å². The minimum absolute atomic E-state index is 0.271. The molecule has 0 aromatic heterocycles. The molecule has 0 fully saturated rings. The minimum Gasteiger partial charge on any atom is -0.463 e. The summed E-state index contributed by atoms with van der Waals surface area (Å²) in [5.41, 5.74) is 6.67. The van der Waals surface area contributed by atoms with Crippen molar-refractivity contribution in [3.05, 3.63) is 60.1 Å². The Kier molecular flexibility index (Phi) is 7.20. The average molecular weight is 247 g/mol. The lowest BCUT2D eigenvalue weighted by atomic mass is 10.2. The number of hydrogen-bond donors (Lipinski definition) is 1. The average Bonchev–Trinajstić information content (AvgIpc) is 2.32. The van der Waals surface area contributed by atoms with Crippen molar-refractivity contribution >= 4 is 5.91 Å². The molecule has 0 aromatic carbocycles. The molecule has 0 bridgehead atoms. The summed E-state index contributed by atoms with van der Waals surface area (Å²) >= 11 is 0. The van der Waals surface area contributed by atoms with Crippen LogP contribution in [-0.4, -0.2) is 5.91 Å². The lowest BCUT2D eigenvalue weighted by molar-refractivity contribution is -0.114. The van der Waals surface area contributed by atoms with Gasteiger partial charge in [-0.1, -0.05) is 37.8 Å². The maximum absolute atomic E-state index is 11.0. The van der Waals surface area contributed by atoms with Crippen molar-refractivity contribution in [1.29, 1.82) is 0 Å². The molecule has 0 spiro atoms. The largest absolute Gasteiger partial charge is 0.463 e. The Morgan fingerprint density at radius 3 is 2.39 bits per heavy atom. The van der Waals surface area contributed by atoms with E-state index in [1.54, 1.807) is 0 Å². The van der Waals surface area contributed by atoms with Gasteiger partial charge in [0.25, 0.3) is 0 Å². The van der Waals surface area contributed by atoms with Crippen LogP contribution in [0.1, 0.15) is 27.2 Å². The van der Waals surface area contributed by atoms with Gasteiger partial charge in [0.2, 0.25) is 5.91 Å². The molecule has 18 heavy (non-hydrogen) atoms. The molecule has 2 N–H and O–H groups in total. The van der Waals surface area contributed by atoms with E-state index < -0.39 is 5.91 Å². The Labute approximate surface area is 109 Å². The number of nitrogens with two attached hydrogens (primary N) is 1. The van der Waals surface area contributed by atoms with Crippen LogP contribution in [-0.2, 0) is 9.53 Å². The highest BCUT2D eigenvalue weighted by Crippen LogP contribution is 2.10. The van der Waals surface area contributed by atoms with E-state index >= 15 is 0 Å². The Morgan fingerprint density at radius 1 is 1.33 bits per heavy atom. The summed E-state index contributed by atoms with van der Waals surface area (Å²) in [5.74, 6) is 0.482. The van der Waals surface area contributed by atoms with Gasteiger partial charge in [0, 0.05) is 5.57 Å². The first kappa shape index (κ1) is 16.0. The molecule has 0 unspecified atom stereocenters. The van der Waals surface area contributed by atoms with E-state index in [1.807, 2.05) is 26.0 Å². The van der Waals surface area contributed by atoms with Crippen molar-refractivity contribution in [2.45, 2.75) is 27.2 Å². The predicted octanol–water partition coefficient (Wildman–Crippen LogP) is 3.37. The lowest BCUT2D eigenvalue weighted by Crippen LogP contribution is -2.12. The molecule has 1 amide bonds. The van der Waals surface area contributed by atoms with Crippen molar-refractivity contribution < 1.29 is 9.53 Å². The topological polar surface area (TPSA) is 52.3 Å². The van der Waals surface area contributed by atoms with Crippen LogP contribution in [0.5, 0.6) is 0 Å². The first-order valence-electron chi connectivity index (χ1n) is 5.75. The van der Waals surface area contributed by atoms with E-state index in [9.17, 15) is 4.79 Å². The van der Waals surface area contributed by atoms with E-state index in [0.29, 0.717) is 11.5 Å². The number of carbonyl (C=O) groups is 1. The second-order valence-electron chi connectivity index (χ2n) is 3.88. The van der Waals surface area contributed by atoms with E-state index in [1.165, 1.54) is 17.7 Å². The predicted molar refractivity (Wildman–Crippen MR) is 75.5 cm³/mol. The minimum atomic E-state index is -0.557. The van der Waals surface area contributed by atoms with Gasteiger partial charge < -0.3 is 10.5 Å². The Hall–Kier alpha value is -2.03. The Bertz CT molecular complexity index is 426. The Balaban J connectivity index is 4.68. The fraction of sp³-hybridized carbons (Fsp3) is 0.267. The van der Waals surface area contributed by atoms with Crippen LogP contribution in [0.15, 0.2) is 60.1 Å². The molecule has 0 heterocycles. The molecule has 0 atom stereocenters. The summed E-state index contributed by atoms with van der Waals surface area (Å²) in [5, 5.41) is 0. The summed E-state index contributed by atoms with van der Waals surface area (Å²) in [6.45, 7) is 13.1. The quantitative estimate of drug-likeness (QED) is 0.426. The maximum atomic E-state index is 11.0. The highest BCUT2D eigenvalue weighted by Gasteiger charge is 2.01. The third-order valence-electron chi connectivity index (χ3n) is 2.27. The van der Waals surface area contributed by atoms with Gasteiger partial charge in [-0.15, -0.1) is 0 Å². The van der Waals surface area contributed by atoms with E-state index in [2.05, 4.69) is 20.1 Å². The number of rotatable bonds is 7. The zero-order valence-electron chi connectivity index (χ0n) is 11.3. The van der Waals surface area contributed by atoms with Crippen molar-refractivity contribution in [3.63, 3.8) is 0 Å². The first-order chi connectivity index (χ1) is 8.40. The van der Waals surface area contributed by atoms with Gasteiger partial charge in [-0.3, -0.25) is 4.79 Å². The highest BCUT2D eigenvalue weighted by molar-refractivity contribution is 5.95. The summed E-state index contributed by atoms with van der Waals surface area (Å²) < 4.78 is 5.42. The summed E-state index contributed by atoms with van der Waals surface area (Å²) in [6.07, 6.45) is 7.66. The van der Waals surface area contributed by atoms with Gasteiger partial charge in [0.15, 0.2) is 0 Å². The smallest absolute Gasteiger partial charge is 0.248 e. The molecule has 0 aliphatic rings.